The fraction of sp³-hybridized carbons (Fsp3) is 0.100. The van der Waals surface area contributed by atoms with Crippen molar-refractivity contribution in [1.29, 1.82) is 0 Å². The Morgan fingerprint density at radius 2 is 0.921 bits per heavy atom. The minimum Gasteiger partial charge on any atom is -0.456 e. The lowest BCUT2D eigenvalue weighted by Crippen LogP contribution is -2.75. The monoisotopic (exact) mass is 838 g/mol. The Hall–Kier alpha value is -6.78. The highest BCUT2D eigenvalue weighted by Gasteiger charge is 2.55. The second-order valence-corrected chi connectivity index (χ2v) is 23.9. The van der Waals surface area contributed by atoms with Crippen molar-refractivity contribution < 1.29 is 4.42 Å². The molecule has 0 bridgehead atoms. The van der Waals surface area contributed by atoms with E-state index in [1.54, 1.807) is 0 Å². The fourth-order valence-corrected chi connectivity index (χ4v) is 19.0. The van der Waals surface area contributed by atoms with Gasteiger partial charge in [-0.15, -0.1) is 11.3 Å². The minimum atomic E-state index is -3.20. The lowest BCUT2D eigenvalue weighted by molar-refractivity contribution is 0.651. The van der Waals surface area contributed by atoms with Crippen molar-refractivity contribution in [2.45, 2.75) is 38.5 Å². The number of hydrogen-bond donors (Lipinski definition) is 0. The van der Waals surface area contributed by atoms with Crippen LogP contribution in [0.4, 0.5) is 0 Å². The molecule has 1 aliphatic heterocycles. The summed E-state index contributed by atoms with van der Waals surface area (Å²) in [5.74, 6) is 0. The van der Waals surface area contributed by atoms with E-state index in [-0.39, 0.29) is 10.8 Å². The van der Waals surface area contributed by atoms with Crippen molar-refractivity contribution in [3.05, 3.63) is 204 Å². The van der Waals surface area contributed by atoms with Crippen molar-refractivity contribution in [2.24, 2.45) is 0 Å². The van der Waals surface area contributed by atoms with Crippen LogP contribution in [0.3, 0.4) is 0 Å². The molecule has 0 spiro atoms. The lowest BCUT2D eigenvalue weighted by Gasteiger charge is -2.38. The van der Waals surface area contributed by atoms with Gasteiger partial charge in [0.1, 0.15) is 11.2 Å². The predicted molar refractivity (Wildman–Crippen MR) is 270 cm³/mol. The van der Waals surface area contributed by atoms with Crippen LogP contribution < -0.4 is 20.7 Å². The third kappa shape index (κ3) is 4.41. The number of hydrogen-bond acceptors (Lipinski definition) is 2. The number of rotatable bonds is 4. The molecule has 11 aromatic rings. The Morgan fingerprint density at radius 1 is 0.413 bits per heavy atom. The topological polar surface area (TPSA) is 13.1 Å². The molecule has 0 amide bonds. The van der Waals surface area contributed by atoms with Gasteiger partial charge in [-0.3, -0.25) is 0 Å². The molecular formula is C60H42OSSi. The van der Waals surface area contributed by atoms with Gasteiger partial charge >= 0.3 is 0 Å². The molecule has 0 saturated heterocycles. The Labute approximate surface area is 371 Å². The molecule has 0 fully saturated rings. The van der Waals surface area contributed by atoms with Crippen molar-refractivity contribution in [3.8, 4) is 44.5 Å². The van der Waals surface area contributed by atoms with Crippen molar-refractivity contribution in [1.82, 2.24) is 0 Å². The standard InChI is InChI=1S/C60H42OSSi/c1-59(2)44-29-30-45-57-55-47(60(45,3)4)32-36(40-24-15-25-42-41-21-12-14-28-50(41)62-58(40)42)34-52(55)63(37-17-7-5-8-18-37,38-19-9-6-10-20-38)51-33-35(31-46(59)54(51)56(44)57)39-23-16-27-49-53(39)43-22-11-13-26-48(43)61-49/h5-34H,1-4H3. The molecule has 0 atom stereocenters. The normalized spacial score (nSPS) is 15.7. The Kier molecular flexibility index (Phi) is 6.94. The molecule has 63 heavy (non-hydrogen) atoms. The Balaban J connectivity index is 1.21. The lowest BCUT2D eigenvalue weighted by atomic mass is 9.79. The highest BCUT2D eigenvalue weighted by atomic mass is 32.1. The molecule has 3 heteroatoms. The van der Waals surface area contributed by atoms with E-state index >= 15 is 0 Å². The fourth-order valence-electron chi connectivity index (χ4n) is 12.5. The highest BCUT2D eigenvalue weighted by molar-refractivity contribution is 7.26. The molecule has 1 nitrogen and oxygen atoms in total. The zero-order chi connectivity index (χ0) is 42.0. The molecule has 14 rings (SSSR count). The summed E-state index contributed by atoms with van der Waals surface area (Å²) >= 11 is 1.93. The quantitative estimate of drug-likeness (QED) is 0.161. The molecule has 2 aliphatic carbocycles. The van der Waals surface area contributed by atoms with Gasteiger partial charge in [-0.05, 0) is 118 Å². The predicted octanol–water partition coefficient (Wildman–Crippen LogP) is 13.6. The molecule has 0 saturated carbocycles. The summed E-state index contributed by atoms with van der Waals surface area (Å²) in [4.78, 5) is 0. The molecule has 9 aromatic carbocycles. The first kappa shape index (κ1) is 35.8. The van der Waals surface area contributed by atoms with Crippen molar-refractivity contribution in [2.75, 3.05) is 0 Å². The smallest absolute Gasteiger partial charge is 0.180 e. The van der Waals surface area contributed by atoms with Crippen molar-refractivity contribution >= 4 is 82.3 Å². The van der Waals surface area contributed by atoms with Crippen LogP contribution in [-0.2, 0) is 10.8 Å². The van der Waals surface area contributed by atoms with E-state index in [0.29, 0.717) is 0 Å². The van der Waals surface area contributed by atoms with Gasteiger partial charge in [0.05, 0.1) is 0 Å². The zero-order valence-electron chi connectivity index (χ0n) is 35.6. The Bertz CT molecular complexity index is 3750. The van der Waals surface area contributed by atoms with E-state index in [1.807, 2.05) is 11.3 Å². The van der Waals surface area contributed by atoms with Crippen LogP contribution in [0, 0.1) is 0 Å². The van der Waals surface area contributed by atoms with Gasteiger partial charge in [0, 0.05) is 41.8 Å². The van der Waals surface area contributed by atoms with Crippen LogP contribution in [0.2, 0.25) is 0 Å². The van der Waals surface area contributed by atoms with Crippen LogP contribution in [0.1, 0.15) is 49.9 Å². The first-order valence-corrected chi connectivity index (χ1v) is 25.1. The summed E-state index contributed by atoms with van der Waals surface area (Å²) in [6, 6.07) is 69.8. The largest absolute Gasteiger partial charge is 0.456 e. The second kappa shape index (κ2) is 12.2. The molecule has 0 radical (unpaired) electrons. The summed E-state index contributed by atoms with van der Waals surface area (Å²) in [5.41, 5.74) is 18.0. The average molecular weight is 839 g/mol. The third-order valence-electron chi connectivity index (χ3n) is 15.3. The molecule has 298 valence electrons. The molecule has 2 aromatic heterocycles. The molecule has 0 N–H and O–H groups in total. The van der Waals surface area contributed by atoms with Crippen LogP contribution in [0.5, 0.6) is 0 Å². The maximum atomic E-state index is 6.56. The number of para-hydroxylation sites is 1. The van der Waals surface area contributed by atoms with Crippen molar-refractivity contribution in [3.63, 3.8) is 0 Å². The van der Waals surface area contributed by atoms with Crippen LogP contribution in [0.25, 0.3) is 86.6 Å². The van der Waals surface area contributed by atoms with Crippen LogP contribution in [-0.4, -0.2) is 8.07 Å². The second-order valence-electron chi connectivity index (χ2n) is 19.1. The van der Waals surface area contributed by atoms with Gasteiger partial charge in [0.25, 0.3) is 0 Å². The summed E-state index contributed by atoms with van der Waals surface area (Å²) in [6.07, 6.45) is 0. The van der Waals surface area contributed by atoms with Gasteiger partial charge in [-0.2, -0.15) is 0 Å². The number of furan rings is 1. The first-order valence-electron chi connectivity index (χ1n) is 22.3. The molecule has 0 unspecified atom stereocenters. The summed E-state index contributed by atoms with van der Waals surface area (Å²) in [5, 5.41) is 10.8. The SMILES string of the molecule is CC1(C)c2cc(-c3cccc4c3sc3ccccc34)cc3c2-c2c1ccc1c2-c2c(cc(-c4cccc5oc6ccccc6c45)cc2[Si]3(c2ccccc2)c2ccccc2)C1(C)C. The van der Waals surface area contributed by atoms with Gasteiger partial charge < -0.3 is 4.42 Å². The highest BCUT2D eigenvalue weighted by Crippen LogP contribution is 2.61. The summed E-state index contributed by atoms with van der Waals surface area (Å²) in [6.45, 7) is 9.90. The number of benzene rings is 9. The Morgan fingerprint density at radius 3 is 1.57 bits per heavy atom. The van der Waals surface area contributed by atoms with Gasteiger partial charge in [-0.25, -0.2) is 0 Å². The first-order chi connectivity index (χ1) is 30.8. The third-order valence-corrected chi connectivity index (χ3v) is 21.3. The summed E-state index contributed by atoms with van der Waals surface area (Å²) < 4.78 is 9.26. The zero-order valence-corrected chi connectivity index (χ0v) is 37.5. The molecule has 3 aliphatic rings. The van der Waals surface area contributed by atoms with E-state index in [9.17, 15) is 0 Å². The van der Waals surface area contributed by atoms with Crippen LogP contribution in [0.15, 0.2) is 186 Å². The van der Waals surface area contributed by atoms with Gasteiger partial charge in [-0.1, -0.05) is 179 Å². The average Bonchev–Trinajstić information content (AvgIpc) is 4.00. The van der Waals surface area contributed by atoms with E-state index in [1.165, 1.54) is 113 Å². The molecular weight excluding hydrogens is 797 g/mol. The van der Waals surface area contributed by atoms with E-state index in [4.69, 9.17) is 4.42 Å². The van der Waals surface area contributed by atoms with E-state index in [0.717, 1.165) is 16.6 Å². The van der Waals surface area contributed by atoms with Crippen LogP contribution >= 0.6 is 11.3 Å². The van der Waals surface area contributed by atoms with E-state index in [2.05, 4.69) is 210 Å². The molecule has 3 heterocycles. The summed E-state index contributed by atoms with van der Waals surface area (Å²) in [7, 11) is -3.20. The maximum Gasteiger partial charge on any atom is 0.180 e. The van der Waals surface area contributed by atoms with Gasteiger partial charge in [0.15, 0.2) is 8.07 Å². The number of fused-ring (bicyclic) bond motifs is 6. The van der Waals surface area contributed by atoms with E-state index < -0.39 is 8.07 Å². The minimum absolute atomic E-state index is 0.214. The van der Waals surface area contributed by atoms with Gasteiger partial charge in [0.2, 0.25) is 0 Å². The number of thiophene rings is 1. The maximum absolute atomic E-state index is 6.56.